The van der Waals surface area contributed by atoms with Crippen molar-refractivity contribution >= 4 is 0 Å². The van der Waals surface area contributed by atoms with Crippen molar-refractivity contribution in [1.82, 2.24) is 10.3 Å². The third-order valence-electron chi connectivity index (χ3n) is 2.77. The molecule has 1 rings (SSSR count). The summed E-state index contributed by atoms with van der Waals surface area (Å²) in [6.07, 6.45) is 0.898. The molecule has 0 fully saturated rings. The summed E-state index contributed by atoms with van der Waals surface area (Å²) < 4.78 is 0. The Morgan fingerprint density at radius 3 is 2.73 bits per heavy atom. The normalized spacial score (nSPS) is 14.9. The summed E-state index contributed by atoms with van der Waals surface area (Å²) in [7, 11) is 0. The van der Waals surface area contributed by atoms with E-state index in [4.69, 9.17) is 0 Å². The fraction of sp³-hybridized carbons (Fsp3) is 0.583. The van der Waals surface area contributed by atoms with Crippen LogP contribution in [0.4, 0.5) is 0 Å². The van der Waals surface area contributed by atoms with Crippen LogP contribution in [0.5, 0.6) is 0 Å². The Hall–Kier alpha value is -0.930. The standard InChI is InChI=1S/C12H20N2O/c1-4-12(3,9-15)13-8-11-7-5-6-10(2)14-11/h5-7,13,15H,4,8-9H2,1-3H3. The molecule has 0 aliphatic rings. The van der Waals surface area contributed by atoms with E-state index in [1.54, 1.807) is 0 Å². The topological polar surface area (TPSA) is 45.1 Å². The fourth-order valence-corrected chi connectivity index (χ4v) is 1.29. The van der Waals surface area contributed by atoms with E-state index in [0.29, 0.717) is 6.54 Å². The molecule has 1 atom stereocenters. The number of hydrogen-bond acceptors (Lipinski definition) is 3. The first-order valence-corrected chi connectivity index (χ1v) is 5.38. The number of aliphatic hydroxyl groups is 1. The number of aromatic nitrogens is 1. The van der Waals surface area contributed by atoms with Crippen LogP contribution in [0.15, 0.2) is 18.2 Å². The Balaban J connectivity index is 2.56. The zero-order valence-corrected chi connectivity index (χ0v) is 9.75. The first-order valence-electron chi connectivity index (χ1n) is 5.38. The Kier molecular flexibility index (Phi) is 4.24. The quantitative estimate of drug-likeness (QED) is 0.773. The number of aliphatic hydroxyl groups excluding tert-OH is 1. The highest BCUT2D eigenvalue weighted by Gasteiger charge is 2.19. The second-order valence-electron chi connectivity index (χ2n) is 4.20. The molecule has 0 saturated carbocycles. The zero-order valence-electron chi connectivity index (χ0n) is 9.75. The predicted octanol–water partition coefficient (Wildman–Crippen LogP) is 1.64. The van der Waals surface area contributed by atoms with Gasteiger partial charge in [0.1, 0.15) is 0 Å². The maximum absolute atomic E-state index is 9.23. The first kappa shape index (κ1) is 12.1. The van der Waals surface area contributed by atoms with E-state index < -0.39 is 0 Å². The van der Waals surface area contributed by atoms with Gasteiger partial charge in [-0.25, -0.2) is 0 Å². The summed E-state index contributed by atoms with van der Waals surface area (Å²) in [5.41, 5.74) is 1.84. The van der Waals surface area contributed by atoms with Gasteiger partial charge in [-0.2, -0.15) is 0 Å². The van der Waals surface area contributed by atoms with Crippen molar-refractivity contribution in [1.29, 1.82) is 0 Å². The van der Waals surface area contributed by atoms with Gasteiger partial charge in [-0.1, -0.05) is 13.0 Å². The average Bonchev–Trinajstić information content (AvgIpc) is 2.26. The van der Waals surface area contributed by atoms with Crippen LogP contribution >= 0.6 is 0 Å². The highest BCUT2D eigenvalue weighted by atomic mass is 16.3. The van der Waals surface area contributed by atoms with E-state index >= 15 is 0 Å². The maximum atomic E-state index is 9.23. The Morgan fingerprint density at radius 2 is 2.20 bits per heavy atom. The van der Waals surface area contributed by atoms with Gasteiger partial charge >= 0.3 is 0 Å². The van der Waals surface area contributed by atoms with Crippen LogP contribution < -0.4 is 5.32 Å². The van der Waals surface area contributed by atoms with Crippen molar-refractivity contribution in [3.63, 3.8) is 0 Å². The van der Waals surface area contributed by atoms with Crippen LogP contribution in [-0.4, -0.2) is 22.2 Å². The van der Waals surface area contributed by atoms with E-state index in [-0.39, 0.29) is 12.1 Å². The lowest BCUT2D eigenvalue weighted by molar-refractivity contribution is 0.168. The highest BCUT2D eigenvalue weighted by molar-refractivity contribution is 5.10. The number of hydrogen-bond donors (Lipinski definition) is 2. The van der Waals surface area contributed by atoms with Crippen LogP contribution in [0.1, 0.15) is 31.7 Å². The molecule has 0 spiro atoms. The van der Waals surface area contributed by atoms with Gasteiger partial charge in [0, 0.05) is 17.8 Å². The lowest BCUT2D eigenvalue weighted by Crippen LogP contribution is -2.44. The fourth-order valence-electron chi connectivity index (χ4n) is 1.29. The van der Waals surface area contributed by atoms with Crippen molar-refractivity contribution in [2.75, 3.05) is 6.61 Å². The van der Waals surface area contributed by atoms with Gasteiger partial charge in [-0.3, -0.25) is 4.98 Å². The molecule has 1 heterocycles. The van der Waals surface area contributed by atoms with E-state index in [1.807, 2.05) is 32.0 Å². The molecule has 0 amide bonds. The van der Waals surface area contributed by atoms with Crippen molar-refractivity contribution in [3.8, 4) is 0 Å². The summed E-state index contributed by atoms with van der Waals surface area (Å²) in [5.74, 6) is 0. The number of aryl methyl sites for hydroxylation is 1. The summed E-state index contributed by atoms with van der Waals surface area (Å²) in [5, 5.41) is 12.6. The molecule has 0 bridgehead atoms. The minimum absolute atomic E-state index is 0.148. The van der Waals surface area contributed by atoms with Gasteiger partial charge in [0.25, 0.3) is 0 Å². The summed E-state index contributed by atoms with van der Waals surface area (Å²) in [6.45, 7) is 6.91. The smallest absolute Gasteiger partial charge is 0.0610 e. The molecule has 0 radical (unpaired) electrons. The molecule has 0 saturated heterocycles. The largest absolute Gasteiger partial charge is 0.394 e. The number of pyridine rings is 1. The van der Waals surface area contributed by atoms with Gasteiger partial charge in [0.05, 0.1) is 12.3 Å². The Morgan fingerprint density at radius 1 is 1.47 bits per heavy atom. The summed E-state index contributed by atoms with van der Waals surface area (Å²) in [4.78, 5) is 4.40. The van der Waals surface area contributed by atoms with Crippen LogP contribution in [-0.2, 0) is 6.54 Å². The Labute approximate surface area is 91.5 Å². The molecule has 0 aliphatic heterocycles. The highest BCUT2D eigenvalue weighted by Crippen LogP contribution is 2.09. The lowest BCUT2D eigenvalue weighted by atomic mass is 10.0. The molecule has 0 aliphatic carbocycles. The van der Waals surface area contributed by atoms with Crippen molar-refractivity contribution in [2.24, 2.45) is 0 Å². The van der Waals surface area contributed by atoms with Crippen LogP contribution in [0, 0.1) is 6.92 Å². The van der Waals surface area contributed by atoms with Crippen LogP contribution in [0.25, 0.3) is 0 Å². The van der Waals surface area contributed by atoms with E-state index in [9.17, 15) is 5.11 Å². The van der Waals surface area contributed by atoms with E-state index in [1.165, 1.54) is 0 Å². The van der Waals surface area contributed by atoms with E-state index in [2.05, 4.69) is 17.2 Å². The third kappa shape index (κ3) is 3.61. The maximum Gasteiger partial charge on any atom is 0.0610 e. The molecule has 2 N–H and O–H groups in total. The van der Waals surface area contributed by atoms with Gasteiger partial charge in [0.15, 0.2) is 0 Å². The van der Waals surface area contributed by atoms with Crippen molar-refractivity contribution in [2.45, 2.75) is 39.3 Å². The predicted molar refractivity (Wildman–Crippen MR) is 61.6 cm³/mol. The lowest BCUT2D eigenvalue weighted by Gasteiger charge is -2.27. The summed E-state index contributed by atoms with van der Waals surface area (Å²) in [6, 6.07) is 5.98. The van der Waals surface area contributed by atoms with Gasteiger partial charge in [0.2, 0.25) is 0 Å². The zero-order chi connectivity index (χ0) is 11.3. The first-order chi connectivity index (χ1) is 7.09. The van der Waals surface area contributed by atoms with Gasteiger partial charge in [-0.05, 0) is 32.4 Å². The SMILES string of the molecule is CCC(C)(CO)NCc1cccc(C)n1. The van der Waals surface area contributed by atoms with Crippen molar-refractivity contribution < 1.29 is 5.11 Å². The number of rotatable bonds is 5. The molecular weight excluding hydrogens is 188 g/mol. The number of nitrogens with zero attached hydrogens (tertiary/aromatic N) is 1. The molecule has 1 aromatic rings. The van der Waals surface area contributed by atoms with Crippen molar-refractivity contribution in [3.05, 3.63) is 29.6 Å². The molecule has 0 aromatic carbocycles. The number of nitrogens with one attached hydrogen (secondary N) is 1. The van der Waals surface area contributed by atoms with Crippen LogP contribution in [0.2, 0.25) is 0 Å². The van der Waals surface area contributed by atoms with Gasteiger partial charge in [-0.15, -0.1) is 0 Å². The molecule has 15 heavy (non-hydrogen) atoms. The second-order valence-corrected chi connectivity index (χ2v) is 4.20. The third-order valence-corrected chi connectivity index (χ3v) is 2.77. The second kappa shape index (κ2) is 5.24. The average molecular weight is 208 g/mol. The van der Waals surface area contributed by atoms with E-state index in [0.717, 1.165) is 17.8 Å². The Bertz CT molecular complexity index is 308. The monoisotopic (exact) mass is 208 g/mol. The van der Waals surface area contributed by atoms with Gasteiger partial charge < -0.3 is 10.4 Å². The molecule has 1 aromatic heterocycles. The molecule has 3 heteroatoms. The minimum atomic E-state index is -0.203. The minimum Gasteiger partial charge on any atom is -0.394 e. The van der Waals surface area contributed by atoms with Crippen LogP contribution in [0.3, 0.4) is 0 Å². The molecule has 84 valence electrons. The molecule has 1 unspecified atom stereocenters. The summed E-state index contributed by atoms with van der Waals surface area (Å²) >= 11 is 0. The molecular formula is C12H20N2O. The molecule has 3 nitrogen and oxygen atoms in total.